The lowest BCUT2D eigenvalue weighted by Crippen LogP contribution is -2.54. The number of aryl methyl sites for hydroxylation is 1. The number of guanidine groups is 1. The number of alkyl carbamates (subject to hydrolysis) is 1. The molecule has 0 aromatic heterocycles. The fraction of sp³-hybridized carbons (Fsp3) is 0.600. The van der Waals surface area contributed by atoms with Gasteiger partial charge in [-0.25, -0.2) is 17.9 Å². The molecule has 9 nitrogen and oxygen atoms in total. The van der Waals surface area contributed by atoms with Crippen LogP contribution >= 0.6 is 0 Å². The van der Waals surface area contributed by atoms with Crippen molar-refractivity contribution in [3.8, 4) is 0 Å². The zero-order valence-corrected chi connectivity index (χ0v) is 19.7. The van der Waals surface area contributed by atoms with Gasteiger partial charge in [0, 0.05) is 26.7 Å². The molecule has 1 aromatic carbocycles. The summed E-state index contributed by atoms with van der Waals surface area (Å²) in [6.07, 6.45) is -0.497. The minimum Gasteiger partial charge on any atom is -0.444 e. The van der Waals surface area contributed by atoms with Gasteiger partial charge >= 0.3 is 6.09 Å². The quantitative estimate of drug-likeness (QED) is 0.277. The topological polar surface area (TPSA) is 121 Å². The standard InChI is InChI=1S/C20H35N5O4S/c1-15-8-10-16(11-9-15)30(27,28)24-13-12-22-17(21-7)23-14-20(5,6)25-18(26)29-19(2,3)4/h8-11,24H,12-14H2,1-7H3,(H,25,26)(H2,21,22,23). The number of sulfonamides is 1. The number of nitrogens with one attached hydrogen (secondary N) is 4. The van der Waals surface area contributed by atoms with E-state index in [2.05, 4.69) is 25.7 Å². The molecule has 1 rings (SSSR count). The fourth-order valence-corrected chi connectivity index (χ4v) is 3.35. The van der Waals surface area contributed by atoms with E-state index in [-0.39, 0.29) is 11.4 Å². The van der Waals surface area contributed by atoms with Crippen molar-refractivity contribution < 1.29 is 17.9 Å². The van der Waals surface area contributed by atoms with Gasteiger partial charge < -0.3 is 20.7 Å². The van der Waals surface area contributed by atoms with Crippen molar-refractivity contribution in [2.75, 3.05) is 26.7 Å². The van der Waals surface area contributed by atoms with Crippen molar-refractivity contribution >= 4 is 22.1 Å². The molecule has 30 heavy (non-hydrogen) atoms. The van der Waals surface area contributed by atoms with E-state index in [1.807, 2.05) is 20.8 Å². The van der Waals surface area contributed by atoms with E-state index in [9.17, 15) is 13.2 Å². The first kappa shape index (κ1) is 25.7. The van der Waals surface area contributed by atoms with E-state index in [4.69, 9.17) is 4.74 Å². The van der Waals surface area contributed by atoms with Gasteiger partial charge in [0.1, 0.15) is 5.60 Å². The van der Waals surface area contributed by atoms with Crippen LogP contribution in [0.5, 0.6) is 0 Å². The predicted octanol–water partition coefficient (Wildman–Crippen LogP) is 1.74. The zero-order chi connectivity index (χ0) is 23.0. The molecule has 10 heteroatoms. The van der Waals surface area contributed by atoms with Crippen molar-refractivity contribution in [1.29, 1.82) is 0 Å². The molecule has 0 aliphatic heterocycles. The predicted molar refractivity (Wildman–Crippen MR) is 119 cm³/mol. The Balaban J connectivity index is 2.44. The Hall–Kier alpha value is -2.33. The third-order valence-electron chi connectivity index (χ3n) is 3.80. The molecule has 4 N–H and O–H groups in total. The molecule has 1 aromatic rings. The maximum Gasteiger partial charge on any atom is 0.408 e. The first-order valence-electron chi connectivity index (χ1n) is 9.76. The summed E-state index contributed by atoms with van der Waals surface area (Å²) >= 11 is 0. The molecular formula is C20H35N5O4S. The summed E-state index contributed by atoms with van der Waals surface area (Å²) in [6, 6.07) is 6.66. The number of amides is 1. The van der Waals surface area contributed by atoms with Crippen LogP contribution in [0.3, 0.4) is 0 Å². The zero-order valence-electron chi connectivity index (χ0n) is 18.9. The van der Waals surface area contributed by atoms with E-state index in [1.54, 1.807) is 52.1 Å². The molecule has 0 unspecified atom stereocenters. The fourth-order valence-electron chi connectivity index (χ4n) is 2.32. The van der Waals surface area contributed by atoms with Gasteiger partial charge in [-0.05, 0) is 53.7 Å². The minimum atomic E-state index is -3.56. The van der Waals surface area contributed by atoms with Crippen LogP contribution < -0.4 is 20.7 Å². The van der Waals surface area contributed by atoms with Crippen LogP contribution in [0.25, 0.3) is 0 Å². The van der Waals surface area contributed by atoms with Gasteiger partial charge in [0.05, 0.1) is 10.4 Å². The average molecular weight is 442 g/mol. The summed E-state index contributed by atoms with van der Waals surface area (Å²) in [4.78, 5) is 16.3. The molecule has 0 aliphatic carbocycles. The molecule has 170 valence electrons. The van der Waals surface area contributed by atoms with E-state index in [1.165, 1.54) is 0 Å². The first-order chi connectivity index (χ1) is 13.7. The third kappa shape index (κ3) is 9.93. The number of hydrogen-bond donors (Lipinski definition) is 4. The molecule has 0 radical (unpaired) electrons. The molecule has 0 aliphatic rings. The number of carbonyl (C=O) groups excluding carboxylic acids is 1. The number of carbonyl (C=O) groups is 1. The second kappa shape index (κ2) is 10.6. The highest BCUT2D eigenvalue weighted by Gasteiger charge is 2.24. The number of aliphatic imine (C=N–C) groups is 1. The average Bonchev–Trinajstić information content (AvgIpc) is 2.59. The summed E-state index contributed by atoms with van der Waals surface area (Å²) in [5.74, 6) is 0.489. The smallest absolute Gasteiger partial charge is 0.408 e. The van der Waals surface area contributed by atoms with Crippen molar-refractivity contribution in [2.24, 2.45) is 4.99 Å². The Morgan fingerprint density at radius 1 is 1.03 bits per heavy atom. The van der Waals surface area contributed by atoms with Crippen LogP contribution in [0.1, 0.15) is 40.2 Å². The second-order valence-corrected chi connectivity index (χ2v) is 10.3. The van der Waals surface area contributed by atoms with Crippen LogP contribution in [-0.4, -0.2) is 58.3 Å². The molecule has 0 atom stereocenters. The summed E-state index contributed by atoms with van der Waals surface area (Å²) < 4.78 is 32.4. The number of nitrogens with zero attached hydrogens (tertiary/aromatic N) is 1. The van der Waals surface area contributed by atoms with Crippen molar-refractivity contribution in [3.63, 3.8) is 0 Å². The highest BCUT2D eigenvalue weighted by Crippen LogP contribution is 2.10. The Bertz CT molecular complexity index is 828. The van der Waals surface area contributed by atoms with Gasteiger partial charge in [-0.3, -0.25) is 4.99 Å². The Morgan fingerprint density at radius 2 is 1.63 bits per heavy atom. The maximum atomic E-state index is 12.3. The highest BCUT2D eigenvalue weighted by atomic mass is 32.2. The Labute approximate surface area is 180 Å². The second-order valence-electron chi connectivity index (χ2n) is 8.57. The Morgan fingerprint density at radius 3 is 2.17 bits per heavy atom. The summed E-state index contributed by atoms with van der Waals surface area (Å²) in [5, 5.41) is 8.94. The number of rotatable bonds is 8. The molecule has 0 saturated heterocycles. The lowest BCUT2D eigenvalue weighted by molar-refractivity contribution is 0.0474. The van der Waals surface area contributed by atoms with Crippen LogP contribution in [-0.2, 0) is 14.8 Å². The van der Waals surface area contributed by atoms with Crippen molar-refractivity contribution in [3.05, 3.63) is 29.8 Å². The molecule has 1 amide bonds. The molecular weight excluding hydrogens is 406 g/mol. The third-order valence-corrected chi connectivity index (χ3v) is 5.28. The molecule has 0 saturated carbocycles. The summed E-state index contributed by atoms with van der Waals surface area (Å²) in [5.41, 5.74) is -0.168. The van der Waals surface area contributed by atoms with Crippen LogP contribution in [0.4, 0.5) is 4.79 Å². The van der Waals surface area contributed by atoms with Gasteiger partial charge in [-0.2, -0.15) is 0 Å². The number of benzene rings is 1. The van der Waals surface area contributed by atoms with Gasteiger partial charge in [-0.1, -0.05) is 17.7 Å². The highest BCUT2D eigenvalue weighted by molar-refractivity contribution is 7.89. The largest absolute Gasteiger partial charge is 0.444 e. The van der Waals surface area contributed by atoms with Gasteiger partial charge in [0.2, 0.25) is 10.0 Å². The lowest BCUT2D eigenvalue weighted by atomic mass is 10.1. The van der Waals surface area contributed by atoms with Crippen molar-refractivity contribution in [2.45, 2.75) is 57.6 Å². The van der Waals surface area contributed by atoms with Crippen LogP contribution in [0.2, 0.25) is 0 Å². The van der Waals surface area contributed by atoms with E-state index < -0.39 is 27.3 Å². The number of ether oxygens (including phenoxy) is 1. The van der Waals surface area contributed by atoms with E-state index >= 15 is 0 Å². The SMILES string of the molecule is CN=C(NCCNS(=O)(=O)c1ccc(C)cc1)NCC(C)(C)NC(=O)OC(C)(C)C. The summed E-state index contributed by atoms with van der Waals surface area (Å²) in [7, 11) is -1.95. The number of hydrogen-bond acceptors (Lipinski definition) is 5. The molecule has 0 spiro atoms. The normalized spacial score (nSPS) is 13.0. The van der Waals surface area contributed by atoms with Gasteiger partial charge in [0.15, 0.2) is 5.96 Å². The molecule has 0 heterocycles. The van der Waals surface area contributed by atoms with Crippen LogP contribution in [0, 0.1) is 6.92 Å². The molecule has 0 fully saturated rings. The van der Waals surface area contributed by atoms with Gasteiger partial charge in [0.25, 0.3) is 0 Å². The Kier molecular flexibility index (Phi) is 9.10. The minimum absolute atomic E-state index is 0.191. The molecule has 0 bridgehead atoms. The summed E-state index contributed by atoms with van der Waals surface area (Å²) in [6.45, 7) is 11.9. The monoisotopic (exact) mass is 441 g/mol. The van der Waals surface area contributed by atoms with Crippen LogP contribution in [0.15, 0.2) is 34.2 Å². The maximum absolute atomic E-state index is 12.3. The lowest BCUT2D eigenvalue weighted by Gasteiger charge is -2.29. The van der Waals surface area contributed by atoms with E-state index in [0.29, 0.717) is 19.0 Å². The van der Waals surface area contributed by atoms with Crippen molar-refractivity contribution in [1.82, 2.24) is 20.7 Å². The van der Waals surface area contributed by atoms with E-state index in [0.717, 1.165) is 5.56 Å². The van der Waals surface area contributed by atoms with Gasteiger partial charge in [-0.15, -0.1) is 0 Å². The first-order valence-corrected chi connectivity index (χ1v) is 11.2.